The highest BCUT2D eigenvalue weighted by atomic mass is 127. The van der Waals surface area contributed by atoms with Gasteiger partial charge in [-0.2, -0.15) is 0 Å². The summed E-state index contributed by atoms with van der Waals surface area (Å²) in [6, 6.07) is 9.44. The highest BCUT2D eigenvalue weighted by Gasteiger charge is 2.18. The fraction of sp³-hybridized carbons (Fsp3) is 0.200. The lowest BCUT2D eigenvalue weighted by Gasteiger charge is -2.19. The van der Waals surface area contributed by atoms with E-state index in [4.69, 9.17) is 22.1 Å². The van der Waals surface area contributed by atoms with Crippen molar-refractivity contribution in [2.24, 2.45) is 5.73 Å². The largest absolute Gasteiger partial charge is 0.496 e. The van der Waals surface area contributed by atoms with Crippen molar-refractivity contribution >= 4 is 50.1 Å². The quantitative estimate of drug-likeness (QED) is 0.641. The standard InChI is InChI=1S/C15H14BrClINO/c1-8-5-14(20-2)11(7-12(8)16)15(19)10-6-9(17)3-4-13(10)18/h3-7,15H,19H2,1-2H3. The van der Waals surface area contributed by atoms with Crippen LogP contribution in [0.3, 0.4) is 0 Å². The zero-order chi connectivity index (χ0) is 14.9. The third-order valence-corrected chi connectivity index (χ3v) is 5.21. The highest BCUT2D eigenvalue weighted by Crippen LogP contribution is 2.35. The van der Waals surface area contributed by atoms with Crippen LogP contribution >= 0.6 is 50.1 Å². The van der Waals surface area contributed by atoms with Gasteiger partial charge in [0.15, 0.2) is 0 Å². The van der Waals surface area contributed by atoms with E-state index in [1.807, 2.05) is 37.3 Å². The number of rotatable bonds is 3. The molecule has 0 bridgehead atoms. The molecule has 0 saturated carbocycles. The maximum absolute atomic E-state index is 6.42. The lowest BCUT2D eigenvalue weighted by Crippen LogP contribution is -2.15. The van der Waals surface area contributed by atoms with Crippen molar-refractivity contribution in [3.05, 3.63) is 60.1 Å². The molecule has 1 unspecified atom stereocenters. The van der Waals surface area contributed by atoms with Gasteiger partial charge in [-0.15, -0.1) is 0 Å². The van der Waals surface area contributed by atoms with Gasteiger partial charge in [0.1, 0.15) is 5.75 Å². The van der Waals surface area contributed by atoms with Crippen molar-refractivity contribution in [3.8, 4) is 5.75 Å². The number of hydrogen-bond donors (Lipinski definition) is 1. The summed E-state index contributed by atoms with van der Waals surface area (Å²) >= 11 is 11.9. The van der Waals surface area contributed by atoms with E-state index in [1.165, 1.54) is 0 Å². The predicted octanol–water partition coefficient (Wildman–Crippen LogP) is 5.07. The molecular weight excluding hydrogens is 452 g/mol. The molecule has 2 N–H and O–H groups in total. The number of aryl methyl sites for hydroxylation is 1. The van der Waals surface area contributed by atoms with Crippen LogP contribution in [0.15, 0.2) is 34.8 Å². The maximum Gasteiger partial charge on any atom is 0.124 e. The zero-order valence-corrected chi connectivity index (χ0v) is 15.6. The molecule has 0 aliphatic carbocycles. The van der Waals surface area contributed by atoms with E-state index < -0.39 is 0 Å². The summed E-state index contributed by atoms with van der Waals surface area (Å²) in [7, 11) is 1.65. The molecule has 5 heteroatoms. The van der Waals surface area contributed by atoms with Crippen molar-refractivity contribution in [1.82, 2.24) is 0 Å². The fourth-order valence-corrected chi connectivity index (χ4v) is 3.22. The third kappa shape index (κ3) is 3.30. The lowest BCUT2D eigenvalue weighted by molar-refractivity contribution is 0.407. The molecule has 0 aliphatic heterocycles. The van der Waals surface area contributed by atoms with Gasteiger partial charge in [-0.3, -0.25) is 0 Å². The topological polar surface area (TPSA) is 35.2 Å². The SMILES string of the molecule is COc1cc(C)c(Br)cc1C(N)c1cc(Cl)ccc1I. The Morgan fingerprint density at radius 3 is 2.60 bits per heavy atom. The molecule has 0 radical (unpaired) electrons. The molecule has 0 amide bonds. The summed E-state index contributed by atoms with van der Waals surface area (Å²) in [4.78, 5) is 0. The Kier molecular flexibility index (Phi) is 5.34. The maximum atomic E-state index is 6.42. The van der Waals surface area contributed by atoms with E-state index in [-0.39, 0.29) is 6.04 Å². The zero-order valence-electron chi connectivity index (χ0n) is 11.1. The van der Waals surface area contributed by atoms with Gasteiger partial charge >= 0.3 is 0 Å². The van der Waals surface area contributed by atoms with E-state index in [9.17, 15) is 0 Å². The molecule has 0 heterocycles. The highest BCUT2D eigenvalue weighted by molar-refractivity contribution is 14.1. The number of hydrogen-bond acceptors (Lipinski definition) is 2. The predicted molar refractivity (Wildman–Crippen MR) is 95.6 cm³/mol. The first-order valence-corrected chi connectivity index (χ1v) is 8.23. The first kappa shape index (κ1) is 16.1. The van der Waals surface area contributed by atoms with Crippen molar-refractivity contribution in [2.75, 3.05) is 7.11 Å². The van der Waals surface area contributed by atoms with Crippen LogP contribution in [-0.2, 0) is 0 Å². The second-order valence-electron chi connectivity index (χ2n) is 4.49. The molecule has 1 atom stereocenters. The van der Waals surface area contributed by atoms with Gasteiger partial charge < -0.3 is 10.5 Å². The second-order valence-corrected chi connectivity index (χ2v) is 6.94. The number of ether oxygens (including phenoxy) is 1. The normalized spacial score (nSPS) is 12.3. The van der Waals surface area contributed by atoms with Crippen LogP contribution in [0, 0.1) is 10.5 Å². The first-order chi connectivity index (χ1) is 9.43. The van der Waals surface area contributed by atoms with Crippen molar-refractivity contribution in [3.63, 3.8) is 0 Å². The fourth-order valence-electron chi connectivity index (χ4n) is 2.01. The minimum Gasteiger partial charge on any atom is -0.496 e. The molecule has 0 spiro atoms. The van der Waals surface area contributed by atoms with Gasteiger partial charge in [-0.05, 0) is 71.0 Å². The first-order valence-electron chi connectivity index (χ1n) is 5.98. The van der Waals surface area contributed by atoms with E-state index in [2.05, 4.69) is 38.5 Å². The van der Waals surface area contributed by atoms with Crippen molar-refractivity contribution < 1.29 is 4.74 Å². The molecule has 0 aromatic heterocycles. The lowest BCUT2D eigenvalue weighted by atomic mass is 9.97. The minimum atomic E-state index is -0.285. The van der Waals surface area contributed by atoms with E-state index in [0.717, 1.165) is 30.5 Å². The molecule has 2 nitrogen and oxygen atoms in total. The number of methoxy groups -OCH3 is 1. The Labute approximate surface area is 145 Å². The summed E-state index contributed by atoms with van der Waals surface area (Å²) in [5.41, 5.74) is 9.45. The van der Waals surface area contributed by atoms with Gasteiger partial charge in [-0.25, -0.2) is 0 Å². The van der Waals surface area contributed by atoms with Crippen LogP contribution in [0.25, 0.3) is 0 Å². The summed E-state index contributed by atoms with van der Waals surface area (Å²) in [5.74, 6) is 0.786. The summed E-state index contributed by atoms with van der Waals surface area (Å²) in [5, 5.41) is 0.681. The number of nitrogens with two attached hydrogens (primary N) is 1. The summed E-state index contributed by atoms with van der Waals surface area (Å²) < 4.78 is 7.55. The Hall–Kier alpha value is -0.300. The van der Waals surface area contributed by atoms with E-state index in [0.29, 0.717) is 5.02 Å². The van der Waals surface area contributed by atoms with E-state index in [1.54, 1.807) is 7.11 Å². The summed E-state index contributed by atoms with van der Waals surface area (Å²) in [6.45, 7) is 2.02. The van der Waals surface area contributed by atoms with Crippen LogP contribution in [-0.4, -0.2) is 7.11 Å². The summed E-state index contributed by atoms with van der Waals surface area (Å²) in [6.07, 6.45) is 0. The molecule has 0 fully saturated rings. The minimum absolute atomic E-state index is 0.285. The third-order valence-electron chi connectivity index (χ3n) is 3.14. The van der Waals surface area contributed by atoms with E-state index >= 15 is 0 Å². The molecule has 106 valence electrons. The Morgan fingerprint density at radius 1 is 1.25 bits per heavy atom. The number of halogens is 3. The molecule has 0 aliphatic rings. The van der Waals surface area contributed by atoms with Crippen molar-refractivity contribution in [1.29, 1.82) is 0 Å². The van der Waals surface area contributed by atoms with Crippen LogP contribution < -0.4 is 10.5 Å². The average Bonchev–Trinajstić information content (AvgIpc) is 2.43. The Bertz CT molecular complexity index is 648. The number of benzene rings is 2. The Morgan fingerprint density at radius 2 is 1.95 bits per heavy atom. The molecule has 20 heavy (non-hydrogen) atoms. The van der Waals surface area contributed by atoms with Gasteiger partial charge in [0, 0.05) is 18.6 Å². The van der Waals surface area contributed by atoms with Crippen LogP contribution in [0.4, 0.5) is 0 Å². The van der Waals surface area contributed by atoms with Gasteiger partial charge in [0.05, 0.1) is 13.2 Å². The van der Waals surface area contributed by atoms with Crippen molar-refractivity contribution in [2.45, 2.75) is 13.0 Å². The van der Waals surface area contributed by atoms with Gasteiger partial charge in [0.2, 0.25) is 0 Å². The average molecular weight is 467 g/mol. The monoisotopic (exact) mass is 465 g/mol. The smallest absolute Gasteiger partial charge is 0.124 e. The van der Waals surface area contributed by atoms with Crippen LogP contribution in [0.2, 0.25) is 5.02 Å². The second kappa shape index (κ2) is 6.64. The molecule has 0 saturated heterocycles. The van der Waals surface area contributed by atoms with Gasteiger partial charge in [0.25, 0.3) is 0 Å². The van der Waals surface area contributed by atoms with Crippen LogP contribution in [0.5, 0.6) is 5.75 Å². The Balaban J connectivity index is 2.55. The molecule has 2 aromatic rings. The van der Waals surface area contributed by atoms with Crippen LogP contribution in [0.1, 0.15) is 22.7 Å². The molecular formula is C15H14BrClINO. The molecule has 2 aromatic carbocycles. The van der Waals surface area contributed by atoms with Gasteiger partial charge in [-0.1, -0.05) is 27.5 Å². The molecule has 2 rings (SSSR count).